The van der Waals surface area contributed by atoms with E-state index in [2.05, 4.69) is 4.98 Å². The van der Waals surface area contributed by atoms with Gasteiger partial charge in [0.05, 0.1) is 19.8 Å². The molecule has 0 N–H and O–H groups in total. The molecule has 1 aromatic heterocycles. The zero-order valence-corrected chi connectivity index (χ0v) is 12.0. The van der Waals surface area contributed by atoms with Crippen LogP contribution in [0.2, 0.25) is 0 Å². The Morgan fingerprint density at radius 2 is 1.62 bits per heavy atom. The summed E-state index contributed by atoms with van der Waals surface area (Å²) in [6, 6.07) is 11.5. The predicted octanol–water partition coefficient (Wildman–Crippen LogP) is 2.71. The predicted molar refractivity (Wildman–Crippen MR) is 85.7 cm³/mol. The van der Waals surface area contributed by atoms with Crippen molar-refractivity contribution in [1.82, 2.24) is 4.98 Å². The van der Waals surface area contributed by atoms with Gasteiger partial charge in [0.25, 0.3) is 0 Å². The van der Waals surface area contributed by atoms with Gasteiger partial charge in [0.15, 0.2) is 0 Å². The van der Waals surface area contributed by atoms with E-state index in [1.807, 2.05) is 42.6 Å². The van der Waals surface area contributed by atoms with Crippen LogP contribution in [-0.2, 0) is 0 Å². The molecule has 0 spiro atoms. The van der Waals surface area contributed by atoms with Crippen LogP contribution < -0.4 is 14.9 Å². The average Bonchev–Trinajstić information content (AvgIpc) is 2.55. The molecule has 0 aliphatic carbocycles. The maximum absolute atomic E-state index is 6.05. The van der Waals surface area contributed by atoms with Gasteiger partial charge in [-0.1, -0.05) is 23.7 Å². The van der Waals surface area contributed by atoms with Gasteiger partial charge in [-0.2, -0.15) is 0 Å². The van der Waals surface area contributed by atoms with Crippen LogP contribution in [0.25, 0.3) is 21.9 Å². The number of benzene rings is 2. The largest absolute Gasteiger partial charge is 0.496 e. The Hall–Kier alpha value is -2.49. The van der Waals surface area contributed by atoms with Gasteiger partial charge in [0.1, 0.15) is 19.3 Å². The molecular formula is C17H14BNO2. The first kappa shape index (κ1) is 13.5. The van der Waals surface area contributed by atoms with E-state index >= 15 is 0 Å². The third kappa shape index (κ3) is 2.23. The van der Waals surface area contributed by atoms with Crippen LogP contribution in [-0.4, -0.2) is 27.0 Å². The van der Waals surface area contributed by atoms with Crippen molar-refractivity contribution in [3.05, 3.63) is 48.8 Å². The molecule has 4 heteroatoms. The number of hydrogen-bond donors (Lipinski definition) is 0. The van der Waals surface area contributed by atoms with Gasteiger partial charge in [0, 0.05) is 17.8 Å². The molecule has 0 atom stereocenters. The maximum Gasteiger partial charge on any atom is 0.130 e. The van der Waals surface area contributed by atoms with Crippen molar-refractivity contribution in [2.45, 2.75) is 0 Å². The van der Waals surface area contributed by atoms with Crippen LogP contribution in [0.1, 0.15) is 0 Å². The first-order valence-electron chi connectivity index (χ1n) is 6.60. The van der Waals surface area contributed by atoms with E-state index in [1.54, 1.807) is 20.4 Å². The molecule has 3 aromatic rings. The maximum atomic E-state index is 6.05. The molecule has 0 bridgehead atoms. The highest BCUT2D eigenvalue weighted by atomic mass is 16.5. The summed E-state index contributed by atoms with van der Waals surface area (Å²) in [7, 11) is 9.35. The molecule has 0 aliphatic rings. The molecule has 0 aliphatic heterocycles. The van der Waals surface area contributed by atoms with E-state index in [0.29, 0.717) is 0 Å². The molecule has 2 radical (unpaired) electrons. The molecule has 3 rings (SSSR count). The van der Waals surface area contributed by atoms with Gasteiger partial charge < -0.3 is 9.47 Å². The summed E-state index contributed by atoms with van der Waals surface area (Å²) in [6.07, 6.45) is 3.55. The van der Waals surface area contributed by atoms with E-state index in [1.165, 1.54) is 0 Å². The number of rotatable bonds is 3. The molecule has 1 heterocycles. The van der Waals surface area contributed by atoms with Gasteiger partial charge in [-0.05, 0) is 29.1 Å². The Bertz CT molecular complexity index is 780. The summed E-state index contributed by atoms with van der Waals surface area (Å²) in [5, 5.41) is 1.94. The second kappa shape index (κ2) is 5.48. The minimum atomic E-state index is 0.727. The summed E-state index contributed by atoms with van der Waals surface area (Å²) in [4.78, 5) is 4.21. The quantitative estimate of drug-likeness (QED) is 0.689. The van der Waals surface area contributed by atoms with E-state index in [0.717, 1.165) is 38.9 Å². The molecule has 0 amide bonds. The van der Waals surface area contributed by atoms with Gasteiger partial charge in [-0.25, -0.2) is 0 Å². The van der Waals surface area contributed by atoms with Crippen molar-refractivity contribution in [3.63, 3.8) is 0 Å². The summed E-state index contributed by atoms with van der Waals surface area (Å²) >= 11 is 0. The fourth-order valence-corrected chi connectivity index (χ4v) is 2.55. The van der Waals surface area contributed by atoms with Crippen LogP contribution in [0.5, 0.6) is 11.5 Å². The molecular weight excluding hydrogens is 261 g/mol. The highest BCUT2D eigenvalue weighted by Crippen LogP contribution is 2.40. The van der Waals surface area contributed by atoms with Crippen molar-refractivity contribution < 1.29 is 9.47 Å². The van der Waals surface area contributed by atoms with Crippen LogP contribution in [0.15, 0.2) is 48.8 Å². The molecule has 0 saturated heterocycles. The number of methoxy groups -OCH3 is 2. The van der Waals surface area contributed by atoms with E-state index in [9.17, 15) is 0 Å². The Labute approximate surface area is 124 Å². The monoisotopic (exact) mass is 275 g/mol. The van der Waals surface area contributed by atoms with Crippen molar-refractivity contribution in [3.8, 4) is 22.6 Å². The number of fused-ring (bicyclic) bond motifs is 1. The summed E-state index contributed by atoms with van der Waals surface area (Å²) < 4.78 is 11.0. The zero-order chi connectivity index (χ0) is 14.8. The second-order valence-electron chi connectivity index (χ2n) is 4.66. The van der Waals surface area contributed by atoms with Crippen molar-refractivity contribution in [2.75, 3.05) is 14.2 Å². The average molecular weight is 275 g/mol. The normalized spacial score (nSPS) is 10.6. The lowest BCUT2D eigenvalue weighted by atomic mass is 9.87. The van der Waals surface area contributed by atoms with Gasteiger partial charge >= 0.3 is 0 Å². The molecule has 21 heavy (non-hydrogen) atoms. The van der Waals surface area contributed by atoms with E-state index in [4.69, 9.17) is 17.3 Å². The molecule has 0 unspecified atom stereocenters. The Morgan fingerprint density at radius 3 is 2.29 bits per heavy atom. The van der Waals surface area contributed by atoms with Crippen LogP contribution >= 0.6 is 0 Å². The standard InChI is InChI=1S/C17H14BNO2/c1-20-15-4-3-5-16(21-2)17(15)12-6-7-14(18)11-8-9-19-10-13(11)12/h3-10H,1-2H3. The van der Waals surface area contributed by atoms with Gasteiger partial charge in [0.2, 0.25) is 0 Å². The van der Waals surface area contributed by atoms with Crippen molar-refractivity contribution in [2.24, 2.45) is 0 Å². The van der Waals surface area contributed by atoms with E-state index < -0.39 is 0 Å². The summed E-state index contributed by atoms with van der Waals surface area (Å²) in [5.74, 6) is 1.51. The second-order valence-corrected chi connectivity index (χ2v) is 4.66. The zero-order valence-electron chi connectivity index (χ0n) is 12.0. The minimum absolute atomic E-state index is 0.727. The third-order valence-electron chi connectivity index (χ3n) is 3.55. The van der Waals surface area contributed by atoms with Gasteiger partial charge in [-0.3, -0.25) is 4.98 Å². The number of hydrogen-bond acceptors (Lipinski definition) is 3. The fourth-order valence-electron chi connectivity index (χ4n) is 2.55. The third-order valence-corrected chi connectivity index (χ3v) is 3.55. The number of pyridine rings is 1. The SMILES string of the molecule is [B]c1ccc(-c2c(OC)cccc2OC)c2cnccc12. The van der Waals surface area contributed by atoms with Crippen LogP contribution in [0.4, 0.5) is 0 Å². The Kier molecular flexibility index (Phi) is 3.52. The lowest BCUT2D eigenvalue weighted by Crippen LogP contribution is -2.04. The highest BCUT2D eigenvalue weighted by molar-refractivity contribution is 6.39. The smallest absolute Gasteiger partial charge is 0.130 e. The molecule has 2 aromatic carbocycles. The fraction of sp³-hybridized carbons (Fsp3) is 0.118. The lowest BCUT2D eigenvalue weighted by Gasteiger charge is -2.15. The summed E-state index contributed by atoms with van der Waals surface area (Å²) in [6.45, 7) is 0. The van der Waals surface area contributed by atoms with Crippen molar-refractivity contribution in [1.29, 1.82) is 0 Å². The first-order valence-corrected chi connectivity index (χ1v) is 6.60. The molecule has 0 saturated carbocycles. The highest BCUT2D eigenvalue weighted by Gasteiger charge is 2.15. The number of aromatic nitrogens is 1. The molecule has 3 nitrogen and oxygen atoms in total. The van der Waals surface area contributed by atoms with Crippen LogP contribution in [0.3, 0.4) is 0 Å². The topological polar surface area (TPSA) is 31.4 Å². The summed E-state index contributed by atoms with van der Waals surface area (Å²) in [5.41, 5.74) is 2.62. The van der Waals surface area contributed by atoms with Crippen LogP contribution in [0, 0.1) is 0 Å². The molecule has 102 valence electrons. The number of nitrogens with zero attached hydrogens (tertiary/aromatic N) is 1. The minimum Gasteiger partial charge on any atom is -0.496 e. The Morgan fingerprint density at radius 1 is 0.905 bits per heavy atom. The van der Waals surface area contributed by atoms with Gasteiger partial charge in [-0.15, -0.1) is 0 Å². The Balaban J connectivity index is 2.39. The van der Waals surface area contributed by atoms with Crippen molar-refractivity contribution >= 4 is 24.1 Å². The lowest BCUT2D eigenvalue weighted by molar-refractivity contribution is 0.397. The van der Waals surface area contributed by atoms with E-state index in [-0.39, 0.29) is 0 Å². The molecule has 0 fully saturated rings. The number of ether oxygens (including phenoxy) is 2. The first-order chi connectivity index (χ1) is 10.3.